The van der Waals surface area contributed by atoms with Gasteiger partial charge in [-0.15, -0.1) is 11.3 Å². The van der Waals surface area contributed by atoms with E-state index in [4.69, 9.17) is 15.5 Å². The number of carbonyl (C=O) groups excluding carboxylic acids is 2. The van der Waals surface area contributed by atoms with Crippen LogP contribution in [0.15, 0.2) is 53.9 Å². The predicted octanol–water partition coefficient (Wildman–Crippen LogP) is 4.85. The van der Waals surface area contributed by atoms with Crippen LogP contribution in [0.5, 0.6) is 5.75 Å². The summed E-state index contributed by atoms with van der Waals surface area (Å²) in [5.74, 6) is 0.681. The number of hydrogen-bond acceptors (Lipinski definition) is 9. The summed E-state index contributed by atoms with van der Waals surface area (Å²) in [6.45, 7) is 1.45. The number of nitrogens with zero attached hydrogens (tertiary/aromatic N) is 3. The molecular formula is C26H29N7O3S2. The molecule has 2 heterocycles. The highest BCUT2D eigenvalue weighted by Crippen LogP contribution is 2.38. The molecule has 4 rings (SSSR count). The predicted molar refractivity (Wildman–Crippen MR) is 154 cm³/mol. The van der Waals surface area contributed by atoms with Crippen molar-refractivity contribution >= 4 is 51.2 Å². The van der Waals surface area contributed by atoms with E-state index >= 15 is 0 Å². The largest absolute Gasteiger partial charge is 0.497 e. The van der Waals surface area contributed by atoms with Crippen LogP contribution in [0.4, 0.5) is 21.4 Å². The van der Waals surface area contributed by atoms with Gasteiger partial charge in [0, 0.05) is 28.7 Å². The van der Waals surface area contributed by atoms with E-state index in [0.29, 0.717) is 44.4 Å². The highest BCUT2D eigenvalue weighted by molar-refractivity contribution is 7.23. The Kier molecular flexibility index (Phi) is 8.89. The van der Waals surface area contributed by atoms with Crippen molar-refractivity contribution in [3.63, 3.8) is 0 Å². The van der Waals surface area contributed by atoms with Crippen LogP contribution in [0.2, 0.25) is 0 Å². The number of rotatable bonds is 10. The fraction of sp³-hybridized carbons (Fsp3) is 0.231. The normalized spacial score (nSPS) is 10.8. The van der Waals surface area contributed by atoms with Gasteiger partial charge in [0.1, 0.15) is 21.5 Å². The first-order chi connectivity index (χ1) is 18.3. The molecule has 0 radical (unpaired) electrons. The molecule has 2 aromatic carbocycles. The van der Waals surface area contributed by atoms with Gasteiger partial charge in [-0.2, -0.15) is 0 Å². The summed E-state index contributed by atoms with van der Waals surface area (Å²) in [7, 11) is 5.54. The topological polar surface area (TPSA) is 134 Å². The lowest BCUT2D eigenvalue weighted by molar-refractivity contribution is 0.102. The van der Waals surface area contributed by atoms with Crippen molar-refractivity contribution in [1.82, 2.24) is 20.2 Å². The van der Waals surface area contributed by atoms with Crippen LogP contribution in [0.25, 0.3) is 21.1 Å². The number of thiazole rings is 2. The summed E-state index contributed by atoms with van der Waals surface area (Å²) < 4.78 is 5.20. The van der Waals surface area contributed by atoms with Gasteiger partial charge < -0.3 is 26.0 Å². The molecule has 0 spiro atoms. The molecule has 3 amide bonds. The third-order valence-corrected chi connectivity index (χ3v) is 7.37. The number of hydrogen-bond donors (Lipinski definition) is 4. The van der Waals surface area contributed by atoms with Crippen LogP contribution in [-0.4, -0.2) is 61.1 Å². The summed E-state index contributed by atoms with van der Waals surface area (Å²) in [5, 5.41) is 11.5. The molecule has 0 saturated carbocycles. The van der Waals surface area contributed by atoms with Crippen molar-refractivity contribution in [2.45, 2.75) is 6.42 Å². The monoisotopic (exact) mass is 551 g/mol. The molecule has 0 aliphatic rings. The van der Waals surface area contributed by atoms with Crippen molar-refractivity contribution in [2.24, 2.45) is 0 Å². The molecule has 5 N–H and O–H groups in total. The maximum Gasteiger partial charge on any atom is 0.321 e. The van der Waals surface area contributed by atoms with Crippen LogP contribution in [0.1, 0.15) is 16.8 Å². The molecule has 0 atom stereocenters. The minimum atomic E-state index is -0.323. The molecule has 38 heavy (non-hydrogen) atoms. The Bertz CT molecular complexity index is 1420. The Morgan fingerprint density at radius 3 is 2.68 bits per heavy atom. The van der Waals surface area contributed by atoms with Gasteiger partial charge in [-0.1, -0.05) is 29.5 Å². The Balaban J connectivity index is 1.42. The lowest BCUT2D eigenvalue weighted by Crippen LogP contribution is -2.31. The number of anilines is 3. The first-order valence-corrected chi connectivity index (χ1v) is 13.5. The number of methoxy groups -OCH3 is 1. The third-order valence-electron chi connectivity index (χ3n) is 5.39. The van der Waals surface area contributed by atoms with Crippen molar-refractivity contribution in [3.05, 3.63) is 59.5 Å². The van der Waals surface area contributed by atoms with Gasteiger partial charge in [-0.3, -0.25) is 10.1 Å². The molecule has 4 aromatic rings. The van der Waals surface area contributed by atoms with Crippen molar-refractivity contribution < 1.29 is 14.3 Å². The number of ether oxygens (including phenoxy) is 1. The number of nitrogen functional groups attached to an aromatic ring is 1. The molecule has 2 aromatic heterocycles. The smallest absolute Gasteiger partial charge is 0.321 e. The number of aromatic nitrogens is 2. The zero-order valence-corrected chi connectivity index (χ0v) is 22.9. The second-order valence-corrected chi connectivity index (χ2v) is 10.4. The number of nitrogens with two attached hydrogens (primary N) is 1. The van der Waals surface area contributed by atoms with E-state index in [0.717, 1.165) is 24.2 Å². The first-order valence-electron chi connectivity index (χ1n) is 11.8. The van der Waals surface area contributed by atoms with Crippen molar-refractivity contribution in [1.29, 1.82) is 0 Å². The molecule has 12 heteroatoms. The SMILES string of the molecule is COc1cccc(C(=O)Nc2cccc(-c3csc(-c4sc(NC(=O)NCCCN(C)C)nc4N)n3)c2)c1. The Hall–Kier alpha value is -4.00. The maximum atomic E-state index is 12.7. The van der Waals surface area contributed by atoms with E-state index in [1.54, 1.807) is 31.4 Å². The number of carbonyl (C=O) groups is 2. The highest BCUT2D eigenvalue weighted by atomic mass is 32.1. The number of nitrogens with one attached hydrogen (secondary N) is 3. The quantitative estimate of drug-likeness (QED) is 0.207. The Morgan fingerprint density at radius 2 is 1.89 bits per heavy atom. The zero-order chi connectivity index (χ0) is 27.1. The fourth-order valence-electron chi connectivity index (χ4n) is 3.51. The first kappa shape index (κ1) is 27.0. The fourth-order valence-corrected chi connectivity index (χ4v) is 5.32. The lowest BCUT2D eigenvalue weighted by Gasteiger charge is -2.09. The zero-order valence-electron chi connectivity index (χ0n) is 21.3. The van der Waals surface area contributed by atoms with Gasteiger partial charge in [0.2, 0.25) is 0 Å². The van der Waals surface area contributed by atoms with Crippen LogP contribution in [-0.2, 0) is 0 Å². The summed E-state index contributed by atoms with van der Waals surface area (Å²) in [4.78, 5) is 36.6. The molecule has 0 unspecified atom stereocenters. The average molecular weight is 552 g/mol. The molecule has 0 aliphatic carbocycles. The van der Waals surface area contributed by atoms with Crippen molar-refractivity contribution in [3.8, 4) is 26.9 Å². The van der Waals surface area contributed by atoms with Gasteiger partial charge in [0.05, 0.1) is 12.8 Å². The second-order valence-electron chi connectivity index (χ2n) is 8.58. The minimum absolute atomic E-state index is 0.237. The van der Waals surface area contributed by atoms with Gasteiger partial charge in [0.25, 0.3) is 5.91 Å². The molecule has 10 nitrogen and oxygen atoms in total. The second kappa shape index (κ2) is 12.5. The van der Waals surface area contributed by atoms with E-state index in [9.17, 15) is 9.59 Å². The molecule has 198 valence electrons. The summed E-state index contributed by atoms with van der Waals surface area (Å²) in [6, 6.07) is 14.1. The minimum Gasteiger partial charge on any atom is -0.497 e. The van der Waals surface area contributed by atoms with Crippen LogP contribution in [0, 0.1) is 0 Å². The standard InChI is InChI=1S/C26H29N7O3S2/c1-33(2)12-6-11-28-25(35)32-26-31-22(27)21(38-26)24-30-20(15-37-24)16-7-4-9-18(13-16)29-23(34)17-8-5-10-19(14-17)36-3/h4-5,7-10,13-15H,6,11-12,27H2,1-3H3,(H,29,34)(H2,28,31,32,35). The van der Waals surface area contributed by atoms with E-state index in [1.165, 1.54) is 22.7 Å². The van der Waals surface area contributed by atoms with Crippen LogP contribution < -0.4 is 26.4 Å². The van der Waals surface area contributed by atoms with Gasteiger partial charge in [-0.05, 0) is 57.4 Å². The van der Waals surface area contributed by atoms with E-state index in [2.05, 4.69) is 25.8 Å². The van der Waals surface area contributed by atoms with Gasteiger partial charge >= 0.3 is 6.03 Å². The number of amides is 3. The number of benzene rings is 2. The van der Waals surface area contributed by atoms with Gasteiger partial charge in [0.15, 0.2) is 5.13 Å². The lowest BCUT2D eigenvalue weighted by atomic mass is 10.1. The molecule has 0 aliphatic heterocycles. The van der Waals surface area contributed by atoms with E-state index in [1.807, 2.05) is 43.7 Å². The van der Waals surface area contributed by atoms with E-state index < -0.39 is 0 Å². The summed E-state index contributed by atoms with van der Waals surface area (Å²) in [5.41, 5.74) is 8.86. The van der Waals surface area contributed by atoms with E-state index in [-0.39, 0.29) is 11.9 Å². The Labute approximate surface area is 228 Å². The van der Waals surface area contributed by atoms with Gasteiger partial charge in [-0.25, -0.2) is 14.8 Å². The number of urea groups is 1. The molecule has 0 saturated heterocycles. The average Bonchev–Trinajstić information content (AvgIpc) is 3.53. The van der Waals surface area contributed by atoms with Crippen molar-refractivity contribution in [2.75, 3.05) is 50.7 Å². The third kappa shape index (κ3) is 7.06. The summed E-state index contributed by atoms with van der Waals surface area (Å²) in [6.07, 6.45) is 0.847. The highest BCUT2D eigenvalue weighted by Gasteiger charge is 2.17. The maximum absolute atomic E-state index is 12.7. The molecule has 0 fully saturated rings. The van der Waals surface area contributed by atoms with Crippen LogP contribution in [0.3, 0.4) is 0 Å². The molecule has 0 bridgehead atoms. The van der Waals surface area contributed by atoms with Crippen LogP contribution >= 0.6 is 22.7 Å². The molecular weight excluding hydrogens is 522 g/mol. The summed E-state index contributed by atoms with van der Waals surface area (Å²) >= 11 is 2.70. The Morgan fingerprint density at radius 1 is 1.08 bits per heavy atom.